The first-order valence-electron chi connectivity index (χ1n) is 5.27. The van der Waals surface area contributed by atoms with Crippen molar-refractivity contribution in [1.82, 2.24) is 10.2 Å². The zero-order chi connectivity index (χ0) is 10.7. The Morgan fingerprint density at radius 2 is 2.13 bits per heavy atom. The van der Waals surface area contributed by atoms with Gasteiger partial charge in [-0.3, -0.25) is 4.79 Å². The molecule has 3 nitrogen and oxygen atoms in total. The summed E-state index contributed by atoms with van der Waals surface area (Å²) >= 11 is 0. The molecule has 1 aromatic rings. The number of nitrogens with one attached hydrogen (secondary N) is 1. The van der Waals surface area contributed by atoms with Gasteiger partial charge < -0.3 is 10.2 Å². The quantitative estimate of drug-likeness (QED) is 0.797. The maximum absolute atomic E-state index is 11.3. The number of carbonyl (C=O) groups is 1. The van der Waals surface area contributed by atoms with Gasteiger partial charge in [-0.1, -0.05) is 30.3 Å². The summed E-state index contributed by atoms with van der Waals surface area (Å²) in [6.45, 7) is 1.66. The van der Waals surface area contributed by atoms with Gasteiger partial charge in [0.05, 0.1) is 0 Å². The summed E-state index contributed by atoms with van der Waals surface area (Å²) in [7, 11) is 1.85. The van der Waals surface area contributed by atoms with E-state index in [0.717, 1.165) is 13.1 Å². The minimum absolute atomic E-state index is 0.237. The summed E-state index contributed by atoms with van der Waals surface area (Å²) in [6, 6.07) is 10.6. The molecule has 3 heteroatoms. The summed E-state index contributed by atoms with van der Waals surface area (Å²) in [5, 5.41) is 3.40. The number of amides is 1. The second-order valence-corrected chi connectivity index (χ2v) is 4.04. The molecular formula is C12H16N2O. The van der Waals surface area contributed by atoms with E-state index in [1.54, 1.807) is 4.90 Å². The summed E-state index contributed by atoms with van der Waals surface area (Å²) in [5.74, 6) is 0.237. The Balaban J connectivity index is 1.82. The van der Waals surface area contributed by atoms with Crippen LogP contribution in [0.4, 0.5) is 0 Å². The van der Waals surface area contributed by atoms with Gasteiger partial charge >= 0.3 is 0 Å². The minimum Gasteiger partial charge on any atom is -0.344 e. The molecule has 0 spiro atoms. The first-order valence-corrected chi connectivity index (χ1v) is 5.27. The second-order valence-electron chi connectivity index (χ2n) is 4.04. The molecule has 1 aliphatic heterocycles. The molecule has 0 saturated carbocycles. The molecule has 1 amide bonds. The standard InChI is InChI=1S/C12H16N2O/c1-14-9-11(7-12(14)15)13-8-10-5-3-2-4-6-10/h2-6,11,13H,7-9H2,1H3. The van der Waals surface area contributed by atoms with Crippen molar-refractivity contribution in [3.05, 3.63) is 35.9 Å². The highest BCUT2D eigenvalue weighted by molar-refractivity contribution is 5.78. The van der Waals surface area contributed by atoms with Gasteiger partial charge in [0, 0.05) is 32.6 Å². The molecule has 0 radical (unpaired) electrons. The Morgan fingerprint density at radius 1 is 1.40 bits per heavy atom. The fraction of sp³-hybridized carbons (Fsp3) is 0.417. The van der Waals surface area contributed by atoms with Crippen LogP contribution in [0.2, 0.25) is 0 Å². The Labute approximate surface area is 90.1 Å². The van der Waals surface area contributed by atoms with E-state index in [-0.39, 0.29) is 5.91 Å². The zero-order valence-electron chi connectivity index (χ0n) is 8.94. The summed E-state index contributed by atoms with van der Waals surface area (Å²) < 4.78 is 0. The molecule has 1 aromatic carbocycles. The van der Waals surface area contributed by atoms with Crippen LogP contribution < -0.4 is 5.32 Å². The average Bonchev–Trinajstić information content (AvgIpc) is 2.57. The highest BCUT2D eigenvalue weighted by atomic mass is 16.2. The number of hydrogen-bond acceptors (Lipinski definition) is 2. The van der Waals surface area contributed by atoms with Crippen LogP contribution in [0.15, 0.2) is 30.3 Å². The molecule has 1 heterocycles. The van der Waals surface area contributed by atoms with Crippen LogP contribution in [0.5, 0.6) is 0 Å². The summed E-state index contributed by atoms with van der Waals surface area (Å²) in [5.41, 5.74) is 1.26. The minimum atomic E-state index is 0.237. The predicted octanol–water partition coefficient (Wildman–Crippen LogP) is 1.01. The Morgan fingerprint density at radius 3 is 2.73 bits per heavy atom. The summed E-state index contributed by atoms with van der Waals surface area (Å²) in [4.78, 5) is 13.1. The molecule has 80 valence electrons. The number of likely N-dealkylation sites (N-methyl/N-ethyl adjacent to an activating group) is 1. The predicted molar refractivity (Wildman–Crippen MR) is 59.3 cm³/mol. The number of hydrogen-bond donors (Lipinski definition) is 1. The van der Waals surface area contributed by atoms with Crippen molar-refractivity contribution < 1.29 is 4.79 Å². The van der Waals surface area contributed by atoms with Crippen LogP contribution in [0.25, 0.3) is 0 Å². The molecule has 1 unspecified atom stereocenters. The third kappa shape index (κ3) is 2.57. The number of benzene rings is 1. The van der Waals surface area contributed by atoms with Crippen molar-refractivity contribution in [2.75, 3.05) is 13.6 Å². The van der Waals surface area contributed by atoms with E-state index in [4.69, 9.17) is 0 Å². The van der Waals surface area contributed by atoms with Crippen LogP contribution in [0.3, 0.4) is 0 Å². The van der Waals surface area contributed by atoms with E-state index in [1.165, 1.54) is 5.56 Å². The molecule has 0 bridgehead atoms. The van der Waals surface area contributed by atoms with E-state index < -0.39 is 0 Å². The van der Waals surface area contributed by atoms with Crippen molar-refractivity contribution in [2.45, 2.75) is 19.0 Å². The number of likely N-dealkylation sites (tertiary alicyclic amines) is 1. The average molecular weight is 204 g/mol. The van der Waals surface area contributed by atoms with Gasteiger partial charge in [0.15, 0.2) is 0 Å². The van der Waals surface area contributed by atoms with Crippen LogP contribution in [0.1, 0.15) is 12.0 Å². The topological polar surface area (TPSA) is 32.3 Å². The van der Waals surface area contributed by atoms with Crippen LogP contribution in [-0.2, 0) is 11.3 Å². The van der Waals surface area contributed by atoms with Crippen LogP contribution in [-0.4, -0.2) is 30.4 Å². The van der Waals surface area contributed by atoms with E-state index in [1.807, 2.05) is 25.2 Å². The van der Waals surface area contributed by atoms with E-state index >= 15 is 0 Å². The lowest BCUT2D eigenvalue weighted by Gasteiger charge is -2.12. The van der Waals surface area contributed by atoms with E-state index in [2.05, 4.69) is 17.4 Å². The van der Waals surface area contributed by atoms with Crippen molar-refractivity contribution in [1.29, 1.82) is 0 Å². The van der Waals surface area contributed by atoms with Crippen molar-refractivity contribution in [3.63, 3.8) is 0 Å². The number of rotatable bonds is 3. The van der Waals surface area contributed by atoms with Gasteiger partial charge in [0.25, 0.3) is 0 Å². The third-order valence-corrected chi connectivity index (χ3v) is 2.78. The first-order chi connectivity index (χ1) is 7.25. The van der Waals surface area contributed by atoms with Gasteiger partial charge in [0.2, 0.25) is 5.91 Å². The highest BCUT2D eigenvalue weighted by Crippen LogP contribution is 2.09. The maximum Gasteiger partial charge on any atom is 0.224 e. The number of carbonyl (C=O) groups excluding carboxylic acids is 1. The summed E-state index contributed by atoms with van der Waals surface area (Å²) in [6.07, 6.45) is 0.628. The van der Waals surface area contributed by atoms with Crippen LogP contribution in [0, 0.1) is 0 Å². The van der Waals surface area contributed by atoms with Crippen molar-refractivity contribution in [2.24, 2.45) is 0 Å². The molecule has 0 aliphatic carbocycles. The van der Waals surface area contributed by atoms with Gasteiger partial charge in [-0.2, -0.15) is 0 Å². The molecule has 1 aliphatic rings. The molecule has 2 rings (SSSR count). The maximum atomic E-state index is 11.3. The van der Waals surface area contributed by atoms with E-state index in [9.17, 15) is 4.79 Å². The smallest absolute Gasteiger partial charge is 0.224 e. The molecule has 1 N–H and O–H groups in total. The molecular weight excluding hydrogens is 188 g/mol. The van der Waals surface area contributed by atoms with Crippen LogP contribution >= 0.6 is 0 Å². The molecule has 1 atom stereocenters. The Bertz CT molecular complexity index is 337. The van der Waals surface area contributed by atoms with Gasteiger partial charge in [0.1, 0.15) is 0 Å². The Kier molecular flexibility index (Phi) is 3.02. The second kappa shape index (κ2) is 4.45. The molecule has 1 saturated heterocycles. The van der Waals surface area contributed by atoms with E-state index in [0.29, 0.717) is 12.5 Å². The fourth-order valence-corrected chi connectivity index (χ4v) is 1.86. The zero-order valence-corrected chi connectivity index (χ0v) is 8.94. The largest absolute Gasteiger partial charge is 0.344 e. The molecule has 15 heavy (non-hydrogen) atoms. The van der Waals surface area contributed by atoms with Gasteiger partial charge in [-0.15, -0.1) is 0 Å². The molecule has 0 aromatic heterocycles. The van der Waals surface area contributed by atoms with Crippen molar-refractivity contribution >= 4 is 5.91 Å². The number of nitrogens with zero attached hydrogens (tertiary/aromatic N) is 1. The lowest BCUT2D eigenvalue weighted by molar-refractivity contribution is -0.126. The first kappa shape index (κ1) is 10.2. The van der Waals surface area contributed by atoms with Gasteiger partial charge in [-0.25, -0.2) is 0 Å². The fourth-order valence-electron chi connectivity index (χ4n) is 1.86. The normalized spacial score (nSPS) is 21.0. The molecule has 1 fully saturated rings. The van der Waals surface area contributed by atoms with Crippen molar-refractivity contribution in [3.8, 4) is 0 Å². The third-order valence-electron chi connectivity index (χ3n) is 2.78. The SMILES string of the molecule is CN1CC(NCc2ccccc2)CC1=O. The lowest BCUT2D eigenvalue weighted by atomic mass is 10.2. The van der Waals surface area contributed by atoms with Gasteiger partial charge in [-0.05, 0) is 5.56 Å². The highest BCUT2D eigenvalue weighted by Gasteiger charge is 2.25. The lowest BCUT2D eigenvalue weighted by Crippen LogP contribution is -2.30. The Hall–Kier alpha value is -1.35. The monoisotopic (exact) mass is 204 g/mol.